The van der Waals surface area contributed by atoms with Crippen LogP contribution < -0.4 is 15.4 Å². The molecule has 142 valence electrons. The number of hydrogen-bond donors (Lipinski definition) is 5. The first-order valence-electron chi connectivity index (χ1n) is 7.21. The molecule has 10 nitrogen and oxygen atoms in total. The summed E-state index contributed by atoms with van der Waals surface area (Å²) in [5.74, 6) is -0.340. The van der Waals surface area contributed by atoms with Crippen molar-refractivity contribution < 1.29 is 18.4 Å². The molecule has 13 heteroatoms. The van der Waals surface area contributed by atoms with Crippen LogP contribution in [0.25, 0.3) is 0 Å². The van der Waals surface area contributed by atoms with E-state index in [0.29, 0.717) is 5.69 Å². The van der Waals surface area contributed by atoms with Gasteiger partial charge in [-0.05, 0) is 51.4 Å². The molecule has 0 spiro atoms. The minimum Gasteiger partial charge on any atom is -0.409 e. The number of rotatable bonds is 7. The predicted molar refractivity (Wildman–Crippen MR) is 98.2 cm³/mol. The number of nitrogens with zero attached hydrogens (tertiary/aromatic N) is 3. The largest absolute Gasteiger partial charge is 0.409 e. The van der Waals surface area contributed by atoms with Gasteiger partial charge in [0.2, 0.25) is 11.7 Å². The molecule has 2 aromatic rings. The van der Waals surface area contributed by atoms with Crippen LogP contribution in [0.2, 0.25) is 0 Å². The minimum atomic E-state index is -2.84. The molecule has 2 rings (SSSR count). The van der Waals surface area contributed by atoms with Gasteiger partial charge in [0.1, 0.15) is 15.7 Å². The first-order valence-corrected chi connectivity index (χ1v) is 9.97. The summed E-state index contributed by atoms with van der Waals surface area (Å²) in [4.78, 5) is 0. The maximum Gasteiger partial charge on any atom is 0.203 e. The third-order valence-electron chi connectivity index (χ3n) is 3.04. The highest BCUT2D eigenvalue weighted by molar-refractivity contribution is 9.10. The molecule has 2 unspecified atom stereocenters. The van der Waals surface area contributed by atoms with Crippen molar-refractivity contribution in [1.82, 2.24) is 15.0 Å². The Morgan fingerprint density at radius 2 is 2.27 bits per heavy atom. The summed E-state index contributed by atoms with van der Waals surface area (Å²) in [6, 6.07) is 3.86. The van der Waals surface area contributed by atoms with Crippen molar-refractivity contribution in [3.63, 3.8) is 0 Å². The molecule has 1 aromatic carbocycles. The average molecular weight is 450 g/mol. The Hall–Kier alpha value is -2.25. The molecule has 0 aliphatic heterocycles. The molecule has 0 bridgehead atoms. The summed E-state index contributed by atoms with van der Waals surface area (Å²) in [6.07, 6.45) is 1.27. The van der Waals surface area contributed by atoms with E-state index in [4.69, 9.17) is 4.78 Å². The molecular formula is C13H17BrFN7O3S. The van der Waals surface area contributed by atoms with Gasteiger partial charge >= 0.3 is 0 Å². The van der Waals surface area contributed by atoms with Gasteiger partial charge in [-0.25, -0.2) is 22.7 Å². The number of halogens is 2. The standard InChI is InChI=1S/C13H17BrFN7O3S/c1-7(6-17-26(2,16)24)18-13-11(21-25-22-13)12(20-23)19-8-3-4-10(15)9(14)5-8/h3-5,7,23H,6H2,1-2H3,(H,18,22)(H,19,20)(H2,16,17,24). The third kappa shape index (κ3) is 5.64. The lowest BCUT2D eigenvalue weighted by Crippen LogP contribution is -2.34. The van der Waals surface area contributed by atoms with Crippen LogP contribution >= 0.6 is 15.9 Å². The molecule has 1 aromatic heterocycles. The fourth-order valence-electron chi connectivity index (χ4n) is 1.85. The van der Waals surface area contributed by atoms with Crippen molar-refractivity contribution in [3.05, 3.63) is 34.2 Å². The second-order valence-electron chi connectivity index (χ2n) is 5.40. The maximum atomic E-state index is 13.3. The number of hydrogen-bond acceptors (Lipinski definition) is 8. The van der Waals surface area contributed by atoms with Crippen LogP contribution in [0.4, 0.5) is 15.9 Å². The Morgan fingerprint density at radius 3 is 2.88 bits per heavy atom. The molecule has 0 saturated carbocycles. The Balaban J connectivity index is 2.12. The predicted octanol–water partition coefficient (Wildman–Crippen LogP) is 2.20. The molecule has 0 fully saturated rings. The topological polar surface area (TPSA) is 149 Å². The van der Waals surface area contributed by atoms with Crippen LogP contribution in [0.1, 0.15) is 12.6 Å². The zero-order valence-electron chi connectivity index (χ0n) is 13.8. The fourth-order valence-corrected chi connectivity index (χ4v) is 2.80. The Kier molecular flexibility index (Phi) is 6.50. The second-order valence-corrected chi connectivity index (χ2v) is 8.23. The number of amidine groups is 1. The van der Waals surface area contributed by atoms with Gasteiger partial charge in [-0.3, -0.25) is 0 Å². The highest BCUT2D eigenvalue weighted by Crippen LogP contribution is 2.21. The first kappa shape index (κ1) is 20.1. The van der Waals surface area contributed by atoms with E-state index in [9.17, 15) is 13.8 Å². The van der Waals surface area contributed by atoms with Crippen LogP contribution in [0.3, 0.4) is 0 Å². The van der Waals surface area contributed by atoms with Gasteiger partial charge in [0.05, 0.1) is 4.47 Å². The normalized spacial score (nSPS) is 15.3. The lowest BCUT2D eigenvalue weighted by Gasteiger charge is -2.14. The smallest absolute Gasteiger partial charge is 0.203 e. The van der Waals surface area contributed by atoms with Crippen molar-refractivity contribution >= 4 is 43.2 Å². The SMILES string of the molecule is CC(CNS(C)(=N)=O)Nc1nonc1/C(=N/O)Nc1ccc(F)c(Br)c1. The van der Waals surface area contributed by atoms with Crippen molar-refractivity contribution in [2.75, 3.05) is 23.4 Å². The molecule has 0 radical (unpaired) electrons. The zero-order valence-corrected chi connectivity index (χ0v) is 16.2. The lowest BCUT2D eigenvalue weighted by atomic mass is 10.2. The molecular weight excluding hydrogens is 433 g/mol. The number of aromatic nitrogens is 2. The van der Waals surface area contributed by atoms with E-state index < -0.39 is 15.7 Å². The van der Waals surface area contributed by atoms with E-state index >= 15 is 0 Å². The minimum absolute atomic E-state index is 0.0767. The summed E-state index contributed by atoms with van der Waals surface area (Å²) < 4.78 is 39.5. The van der Waals surface area contributed by atoms with Crippen molar-refractivity contribution in [3.8, 4) is 0 Å². The van der Waals surface area contributed by atoms with Crippen molar-refractivity contribution in [2.24, 2.45) is 5.16 Å². The fraction of sp³-hybridized carbons (Fsp3) is 0.308. The Labute approximate surface area is 157 Å². The third-order valence-corrected chi connectivity index (χ3v) is 4.37. The van der Waals surface area contributed by atoms with E-state index in [1.807, 2.05) is 0 Å². The van der Waals surface area contributed by atoms with Gasteiger partial charge in [0.25, 0.3) is 0 Å². The number of nitrogens with one attached hydrogen (secondary N) is 4. The van der Waals surface area contributed by atoms with Crippen molar-refractivity contribution in [1.29, 1.82) is 4.78 Å². The summed E-state index contributed by atoms with van der Waals surface area (Å²) in [7, 11) is -2.84. The monoisotopic (exact) mass is 449 g/mol. The lowest BCUT2D eigenvalue weighted by molar-refractivity contribution is 0.304. The van der Waals surface area contributed by atoms with Crippen LogP contribution in [-0.2, 0) is 9.92 Å². The van der Waals surface area contributed by atoms with Crippen LogP contribution in [0.5, 0.6) is 0 Å². The summed E-state index contributed by atoms with van der Waals surface area (Å²) in [6.45, 7) is 1.98. The molecule has 0 aliphatic carbocycles. The first-order chi connectivity index (χ1) is 12.2. The average Bonchev–Trinajstić information content (AvgIpc) is 3.01. The highest BCUT2D eigenvalue weighted by Gasteiger charge is 2.19. The number of anilines is 2. The number of benzene rings is 1. The van der Waals surface area contributed by atoms with Crippen LogP contribution in [-0.4, -0.2) is 44.4 Å². The molecule has 1 heterocycles. The summed E-state index contributed by atoms with van der Waals surface area (Å²) >= 11 is 3.07. The Bertz CT molecular complexity index is 903. The van der Waals surface area contributed by atoms with E-state index in [1.54, 1.807) is 6.92 Å². The zero-order chi connectivity index (χ0) is 19.3. The van der Waals surface area contributed by atoms with Gasteiger partial charge < -0.3 is 15.8 Å². The van der Waals surface area contributed by atoms with E-state index in [1.165, 1.54) is 24.5 Å². The van der Waals surface area contributed by atoms with Gasteiger partial charge in [0.15, 0.2) is 5.69 Å². The van der Waals surface area contributed by atoms with E-state index in [0.717, 1.165) is 0 Å². The second kappa shape index (κ2) is 8.42. The Morgan fingerprint density at radius 1 is 1.54 bits per heavy atom. The number of oxime groups is 1. The van der Waals surface area contributed by atoms with E-state index in [-0.39, 0.29) is 34.4 Å². The highest BCUT2D eigenvalue weighted by atomic mass is 79.9. The van der Waals surface area contributed by atoms with Crippen molar-refractivity contribution in [2.45, 2.75) is 13.0 Å². The quantitative estimate of drug-likeness (QED) is 0.188. The van der Waals surface area contributed by atoms with E-state index in [2.05, 4.69) is 51.4 Å². The summed E-state index contributed by atoms with van der Waals surface area (Å²) in [5, 5.41) is 25.5. The van der Waals surface area contributed by atoms with Gasteiger partial charge in [-0.15, -0.1) is 0 Å². The summed E-state index contributed by atoms with van der Waals surface area (Å²) in [5.41, 5.74) is 0.526. The molecule has 0 saturated heterocycles. The van der Waals surface area contributed by atoms with Gasteiger partial charge in [0, 0.05) is 24.5 Å². The van der Waals surface area contributed by atoms with Crippen LogP contribution in [0.15, 0.2) is 32.5 Å². The molecule has 0 aliphatic rings. The molecule has 2 atom stereocenters. The van der Waals surface area contributed by atoms with Crippen LogP contribution in [0, 0.1) is 10.6 Å². The van der Waals surface area contributed by atoms with Gasteiger partial charge in [-0.2, -0.15) is 0 Å². The molecule has 26 heavy (non-hydrogen) atoms. The maximum absolute atomic E-state index is 13.3. The molecule has 5 N–H and O–H groups in total. The molecule has 0 amide bonds. The van der Waals surface area contributed by atoms with Gasteiger partial charge in [-0.1, -0.05) is 5.16 Å².